The van der Waals surface area contributed by atoms with Gasteiger partial charge in [0, 0.05) is 6.07 Å². The number of nitrogens with zero attached hydrogens (tertiary/aromatic N) is 1. The summed E-state index contributed by atoms with van der Waals surface area (Å²) in [5.74, 6) is -1.21. The molecular weight excluding hydrogens is 328 g/mol. The van der Waals surface area contributed by atoms with Crippen LogP contribution in [0.25, 0.3) is 0 Å². The molecule has 2 rings (SSSR count). The number of ether oxygens (including phenoxy) is 2. The molecule has 2 aromatic rings. The van der Waals surface area contributed by atoms with Gasteiger partial charge in [0.25, 0.3) is 0 Å². The van der Waals surface area contributed by atoms with Crippen molar-refractivity contribution in [1.82, 2.24) is 10.3 Å². The standard InChI is InChI=1S/C17H18N2O6/c1-24-13-9-5-8-12(18-13)15(20)14(16(21)22)19-17(23)25-10-11-6-3-2-4-7-11/h2-9,14-15,20H,10H2,1H3,(H,19,23)(H,21,22). The second-order valence-corrected chi connectivity index (χ2v) is 5.07. The minimum Gasteiger partial charge on any atom is -0.481 e. The van der Waals surface area contributed by atoms with Crippen LogP contribution in [0.4, 0.5) is 4.79 Å². The average molecular weight is 346 g/mol. The second kappa shape index (κ2) is 8.65. The lowest BCUT2D eigenvalue weighted by Crippen LogP contribution is -2.45. The molecule has 8 heteroatoms. The number of alkyl carbamates (subject to hydrolysis) is 1. The van der Waals surface area contributed by atoms with Gasteiger partial charge in [0.15, 0.2) is 6.04 Å². The van der Waals surface area contributed by atoms with Crippen LogP contribution in [0.5, 0.6) is 5.88 Å². The van der Waals surface area contributed by atoms with E-state index in [1.165, 1.54) is 13.2 Å². The van der Waals surface area contributed by atoms with Crippen molar-refractivity contribution in [1.29, 1.82) is 0 Å². The van der Waals surface area contributed by atoms with Gasteiger partial charge in [-0.15, -0.1) is 0 Å². The van der Waals surface area contributed by atoms with Gasteiger partial charge >= 0.3 is 12.1 Å². The summed E-state index contributed by atoms with van der Waals surface area (Å²) >= 11 is 0. The smallest absolute Gasteiger partial charge is 0.408 e. The molecule has 2 unspecified atom stereocenters. The zero-order valence-corrected chi connectivity index (χ0v) is 13.5. The topological polar surface area (TPSA) is 118 Å². The van der Waals surface area contributed by atoms with Gasteiger partial charge in [0.2, 0.25) is 5.88 Å². The maximum Gasteiger partial charge on any atom is 0.408 e. The van der Waals surface area contributed by atoms with Crippen molar-refractivity contribution in [2.75, 3.05) is 7.11 Å². The predicted molar refractivity (Wildman–Crippen MR) is 86.9 cm³/mol. The maximum absolute atomic E-state index is 11.8. The number of carboxylic acid groups (broad SMARTS) is 1. The molecule has 25 heavy (non-hydrogen) atoms. The molecule has 0 aliphatic rings. The van der Waals surface area contributed by atoms with Crippen LogP contribution in [0, 0.1) is 0 Å². The number of nitrogens with one attached hydrogen (secondary N) is 1. The van der Waals surface area contributed by atoms with Crippen LogP contribution < -0.4 is 10.1 Å². The molecule has 8 nitrogen and oxygen atoms in total. The Morgan fingerprint density at radius 3 is 2.52 bits per heavy atom. The normalized spacial score (nSPS) is 12.7. The van der Waals surface area contributed by atoms with Crippen molar-refractivity contribution >= 4 is 12.1 Å². The number of pyridine rings is 1. The Balaban J connectivity index is 2.01. The van der Waals surface area contributed by atoms with Gasteiger partial charge in [-0.05, 0) is 11.6 Å². The van der Waals surface area contributed by atoms with Crippen molar-refractivity contribution < 1.29 is 29.3 Å². The molecule has 3 N–H and O–H groups in total. The summed E-state index contributed by atoms with van der Waals surface area (Å²) in [5, 5.41) is 21.6. The maximum atomic E-state index is 11.8. The third-order valence-corrected chi connectivity index (χ3v) is 3.33. The number of hydrogen-bond acceptors (Lipinski definition) is 6. The van der Waals surface area contributed by atoms with Crippen LogP contribution in [-0.4, -0.2) is 40.4 Å². The molecule has 2 atom stereocenters. The first-order chi connectivity index (χ1) is 12.0. The van der Waals surface area contributed by atoms with Crippen LogP contribution in [-0.2, 0) is 16.1 Å². The molecule has 0 spiro atoms. The van der Waals surface area contributed by atoms with Crippen molar-refractivity contribution in [3.8, 4) is 5.88 Å². The van der Waals surface area contributed by atoms with Gasteiger partial charge in [-0.1, -0.05) is 36.4 Å². The highest BCUT2D eigenvalue weighted by atomic mass is 16.5. The monoisotopic (exact) mass is 346 g/mol. The fourth-order valence-electron chi connectivity index (χ4n) is 2.05. The molecule has 0 aliphatic carbocycles. The lowest BCUT2D eigenvalue weighted by atomic mass is 10.1. The lowest BCUT2D eigenvalue weighted by molar-refractivity contribution is -0.142. The summed E-state index contributed by atoms with van der Waals surface area (Å²) < 4.78 is 9.90. The van der Waals surface area contributed by atoms with E-state index in [0.29, 0.717) is 0 Å². The number of carboxylic acids is 1. The molecule has 1 aromatic carbocycles. The summed E-state index contributed by atoms with van der Waals surface area (Å²) in [6, 6.07) is 11.8. The molecule has 0 bridgehead atoms. The Labute approximate surface area is 144 Å². The minimum absolute atomic E-state index is 0.0213. The summed E-state index contributed by atoms with van der Waals surface area (Å²) in [7, 11) is 1.40. The Morgan fingerprint density at radius 1 is 1.16 bits per heavy atom. The molecule has 1 aromatic heterocycles. The van der Waals surface area contributed by atoms with Gasteiger partial charge in [0.05, 0.1) is 12.8 Å². The van der Waals surface area contributed by atoms with E-state index < -0.39 is 24.2 Å². The molecule has 0 radical (unpaired) electrons. The number of carbonyl (C=O) groups excluding carboxylic acids is 1. The number of benzene rings is 1. The zero-order chi connectivity index (χ0) is 18.2. The van der Waals surface area contributed by atoms with E-state index in [1.807, 2.05) is 6.07 Å². The van der Waals surface area contributed by atoms with Crippen LogP contribution in [0.15, 0.2) is 48.5 Å². The van der Waals surface area contributed by atoms with Gasteiger partial charge in [-0.2, -0.15) is 0 Å². The quantitative estimate of drug-likeness (QED) is 0.695. The zero-order valence-electron chi connectivity index (χ0n) is 13.5. The van der Waals surface area contributed by atoms with Crippen molar-refractivity contribution in [3.05, 3.63) is 59.8 Å². The first-order valence-corrected chi connectivity index (χ1v) is 7.40. The van der Waals surface area contributed by atoms with E-state index in [1.54, 1.807) is 36.4 Å². The van der Waals surface area contributed by atoms with Crippen LogP contribution >= 0.6 is 0 Å². The second-order valence-electron chi connectivity index (χ2n) is 5.07. The molecular formula is C17H18N2O6. The van der Waals surface area contributed by atoms with Gasteiger partial charge < -0.3 is 25.0 Å². The van der Waals surface area contributed by atoms with Gasteiger partial charge in [-0.25, -0.2) is 14.6 Å². The molecule has 0 fully saturated rings. The van der Waals surface area contributed by atoms with Gasteiger partial charge in [-0.3, -0.25) is 0 Å². The van der Waals surface area contributed by atoms with Gasteiger partial charge in [0.1, 0.15) is 12.7 Å². The summed E-state index contributed by atoms with van der Waals surface area (Å²) in [6.45, 7) is -0.0213. The number of hydrogen-bond donors (Lipinski definition) is 3. The lowest BCUT2D eigenvalue weighted by Gasteiger charge is -2.20. The van der Waals surface area contributed by atoms with Crippen LogP contribution in [0.3, 0.4) is 0 Å². The van der Waals surface area contributed by atoms with E-state index in [9.17, 15) is 19.8 Å². The first kappa shape index (κ1) is 18.2. The number of aliphatic hydroxyl groups is 1. The van der Waals surface area contributed by atoms with Crippen LogP contribution in [0.2, 0.25) is 0 Å². The van der Waals surface area contributed by atoms with E-state index >= 15 is 0 Å². The van der Waals surface area contributed by atoms with E-state index in [2.05, 4.69) is 10.3 Å². The number of carbonyl (C=O) groups is 2. The van der Waals surface area contributed by atoms with Crippen molar-refractivity contribution in [2.24, 2.45) is 0 Å². The highest BCUT2D eigenvalue weighted by Crippen LogP contribution is 2.18. The number of aliphatic carboxylic acids is 1. The number of aliphatic hydroxyl groups excluding tert-OH is 1. The highest BCUT2D eigenvalue weighted by molar-refractivity contribution is 5.80. The summed E-state index contributed by atoms with van der Waals surface area (Å²) in [5.41, 5.74) is 0.801. The largest absolute Gasteiger partial charge is 0.481 e. The Kier molecular flexibility index (Phi) is 6.30. The third kappa shape index (κ3) is 5.18. The van der Waals surface area contributed by atoms with E-state index in [0.717, 1.165) is 5.56 Å². The molecule has 0 aliphatic heterocycles. The van der Waals surface area contributed by atoms with Crippen molar-refractivity contribution in [3.63, 3.8) is 0 Å². The van der Waals surface area contributed by atoms with E-state index in [4.69, 9.17) is 9.47 Å². The van der Waals surface area contributed by atoms with E-state index in [-0.39, 0.29) is 18.2 Å². The number of rotatable bonds is 7. The molecule has 132 valence electrons. The molecule has 1 amide bonds. The fraction of sp³-hybridized carbons (Fsp3) is 0.235. The first-order valence-electron chi connectivity index (χ1n) is 7.40. The Hall–Kier alpha value is -3.13. The number of amides is 1. The minimum atomic E-state index is -1.62. The van der Waals surface area contributed by atoms with Crippen molar-refractivity contribution in [2.45, 2.75) is 18.8 Å². The predicted octanol–water partition coefficient (Wildman–Crippen LogP) is 1.50. The molecule has 0 saturated carbocycles. The Bertz CT molecular complexity index is 722. The Morgan fingerprint density at radius 2 is 1.88 bits per heavy atom. The third-order valence-electron chi connectivity index (χ3n) is 3.33. The fourth-order valence-corrected chi connectivity index (χ4v) is 2.05. The summed E-state index contributed by atoms with van der Waals surface area (Å²) in [6.07, 6.45) is -2.53. The number of aromatic nitrogens is 1. The average Bonchev–Trinajstić information content (AvgIpc) is 2.64. The summed E-state index contributed by atoms with van der Waals surface area (Å²) in [4.78, 5) is 27.2. The van der Waals surface area contributed by atoms with Crippen LogP contribution in [0.1, 0.15) is 17.4 Å². The highest BCUT2D eigenvalue weighted by Gasteiger charge is 2.31. The SMILES string of the molecule is COc1cccc(C(O)C(NC(=O)OCc2ccccc2)C(=O)O)n1. The molecule has 0 saturated heterocycles. The number of methoxy groups -OCH3 is 1. The molecule has 1 heterocycles.